The molecule has 0 bridgehead atoms. The molecule has 0 aliphatic heterocycles. The van der Waals surface area contributed by atoms with Gasteiger partial charge in [-0.1, -0.05) is 64.9 Å². The lowest BCUT2D eigenvalue weighted by Gasteiger charge is -2.54. The first-order chi connectivity index (χ1) is 12.5. The van der Waals surface area contributed by atoms with Crippen LogP contribution in [-0.2, 0) is 9.53 Å². The fourth-order valence-corrected chi connectivity index (χ4v) is 6.35. The van der Waals surface area contributed by atoms with Crippen molar-refractivity contribution in [1.82, 2.24) is 0 Å². The molecule has 2 atom stereocenters. The molecular weight excluding hydrogens is 320 g/mol. The van der Waals surface area contributed by atoms with Crippen molar-refractivity contribution in [2.24, 2.45) is 29.6 Å². The number of hydrogen-bond acceptors (Lipinski definition) is 2. The molecule has 3 aliphatic rings. The molecule has 0 aromatic carbocycles. The largest absolute Gasteiger partial charge is 0.461 e. The van der Waals surface area contributed by atoms with Gasteiger partial charge in [-0.25, -0.2) is 0 Å². The molecule has 0 aromatic rings. The van der Waals surface area contributed by atoms with Gasteiger partial charge < -0.3 is 4.74 Å². The molecule has 2 heteroatoms. The lowest BCUT2D eigenvalue weighted by molar-refractivity contribution is -0.160. The zero-order valence-corrected chi connectivity index (χ0v) is 17.8. The maximum absolute atomic E-state index is 11.1. The van der Waals surface area contributed by atoms with Gasteiger partial charge in [0.15, 0.2) is 0 Å². The summed E-state index contributed by atoms with van der Waals surface area (Å²) in [5.41, 5.74) is 1.07. The van der Waals surface area contributed by atoms with E-state index in [0.29, 0.717) is 12.4 Å². The SMILES string of the molecule is C=C(C)CC.CCC(CC)(OC=O)C1CC2CCCC3CCCC(C1)C32. The highest BCUT2D eigenvalue weighted by Gasteiger charge is 2.50. The molecule has 2 unspecified atom stereocenters. The summed E-state index contributed by atoms with van der Waals surface area (Å²) in [7, 11) is 0. The summed E-state index contributed by atoms with van der Waals surface area (Å²) in [5, 5.41) is 0. The topological polar surface area (TPSA) is 26.3 Å². The van der Waals surface area contributed by atoms with Crippen LogP contribution in [0.4, 0.5) is 0 Å². The molecule has 3 aliphatic carbocycles. The second kappa shape index (κ2) is 9.95. The zero-order chi connectivity index (χ0) is 19.2. The highest BCUT2D eigenvalue weighted by atomic mass is 16.5. The molecule has 0 amide bonds. The van der Waals surface area contributed by atoms with E-state index < -0.39 is 0 Å². The van der Waals surface area contributed by atoms with E-state index in [0.717, 1.165) is 42.9 Å². The number of allylic oxidation sites excluding steroid dienone is 1. The molecule has 2 nitrogen and oxygen atoms in total. The van der Waals surface area contributed by atoms with Crippen molar-refractivity contribution < 1.29 is 9.53 Å². The molecule has 0 spiro atoms. The van der Waals surface area contributed by atoms with E-state index in [1.807, 2.05) is 6.92 Å². The Hall–Kier alpha value is -0.790. The van der Waals surface area contributed by atoms with Gasteiger partial charge in [-0.2, -0.15) is 0 Å². The van der Waals surface area contributed by atoms with Crippen molar-refractivity contribution in [1.29, 1.82) is 0 Å². The maximum Gasteiger partial charge on any atom is 0.293 e. The minimum Gasteiger partial charge on any atom is -0.461 e. The number of carbonyl (C=O) groups is 1. The van der Waals surface area contributed by atoms with E-state index in [1.54, 1.807) is 0 Å². The van der Waals surface area contributed by atoms with Gasteiger partial charge in [0.1, 0.15) is 5.60 Å². The van der Waals surface area contributed by atoms with Crippen molar-refractivity contribution in [3.8, 4) is 0 Å². The highest BCUT2D eigenvalue weighted by Crippen LogP contribution is 2.56. The molecule has 150 valence electrons. The predicted molar refractivity (Wildman–Crippen MR) is 110 cm³/mol. The van der Waals surface area contributed by atoms with Gasteiger partial charge in [0.05, 0.1) is 0 Å². The Morgan fingerprint density at radius 2 is 1.46 bits per heavy atom. The minimum absolute atomic E-state index is 0.183. The number of carbonyl (C=O) groups excluding carboxylic acids is 1. The molecule has 0 heterocycles. The highest BCUT2D eigenvalue weighted by molar-refractivity contribution is 5.38. The first-order valence-corrected chi connectivity index (χ1v) is 11.3. The summed E-state index contributed by atoms with van der Waals surface area (Å²) in [4.78, 5) is 11.1. The Kier molecular flexibility index (Phi) is 8.23. The summed E-state index contributed by atoms with van der Waals surface area (Å²) < 4.78 is 5.70. The van der Waals surface area contributed by atoms with Crippen LogP contribution in [0.1, 0.15) is 98.3 Å². The third kappa shape index (κ3) is 4.73. The van der Waals surface area contributed by atoms with Gasteiger partial charge in [-0.15, -0.1) is 6.58 Å². The van der Waals surface area contributed by atoms with E-state index in [2.05, 4.69) is 27.4 Å². The molecule has 0 aromatic heterocycles. The van der Waals surface area contributed by atoms with Crippen molar-refractivity contribution in [2.45, 2.75) is 104 Å². The predicted octanol–water partition coefficient (Wildman–Crippen LogP) is 6.93. The number of hydrogen-bond donors (Lipinski definition) is 0. The van der Waals surface area contributed by atoms with Crippen molar-refractivity contribution >= 4 is 6.47 Å². The van der Waals surface area contributed by atoms with Crippen LogP contribution in [0.3, 0.4) is 0 Å². The standard InChI is InChI=1S/C19H32O2.C5H10/c1-3-19(4-2,21-13-20)17-11-15-9-5-7-14-8-6-10-16(12-17)18(14)15;1-4-5(2)3/h13-18H,3-12H2,1-2H3;2,4H2,1,3H3. The Balaban J connectivity index is 0.000000431. The van der Waals surface area contributed by atoms with Crippen LogP contribution < -0.4 is 0 Å². The first kappa shape index (κ1) is 21.5. The Morgan fingerprint density at radius 1 is 1.00 bits per heavy atom. The normalized spacial score (nSPS) is 33.3. The zero-order valence-electron chi connectivity index (χ0n) is 17.8. The Morgan fingerprint density at radius 3 is 1.85 bits per heavy atom. The lowest BCUT2D eigenvalue weighted by atomic mass is 9.52. The monoisotopic (exact) mass is 362 g/mol. The van der Waals surface area contributed by atoms with Crippen LogP contribution in [0.5, 0.6) is 0 Å². The summed E-state index contributed by atoms with van der Waals surface area (Å²) >= 11 is 0. The van der Waals surface area contributed by atoms with Gasteiger partial charge in [-0.05, 0) is 68.6 Å². The van der Waals surface area contributed by atoms with Gasteiger partial charge in [0.2, 0.25) is 0 Å². The van der Waals surface area contributed by atoms with Crippen LogP contribution in [0.15, 0.2) is 12.2 Å². The molecular formula is C24H42O2. The molecule has 3 saturated carbocycles. The lowest BCUT2D eigenvalue weighted by Crippen LogP contribution is -2.49. The average molecular weight is 363 g/mol. The third-order valence-corrected chi connectivity index (χ3v) is 7.93. The van der Waals surface area contributed by atoms with Crippen LogP contribution in [0.2, 0.25) is 0 Å². The summed E-state index contributed by atoms with van der Waals surface area (Å²) in [6.07, 6.45) is 14.4. The van der Waals surface area contributed by atoms with E-state index in [-0.39, 0.29) is 5.60 Å². The molecule has 3 rings (SSSR count). The summed E-state index contributed by atoms with van der Waals surface area (Å²) in [6.45, 7) is 12.9. The van der Waals surface area contributed by atoms with Gasteiger partial charge >= 0.3 is 0 Å². The maximum atomic E-state index is 11.1. The minimum atomic E-state index is -0.183. The third-order valence-electron chi connectivity index (χ3n) is 7.93. The summed E-state index contributed by atoms with van der Waals surface area (Å²) in [6, 6.07) is 0. The second-order valence-corrected chi connectivity index (χ2v) is 9.18. The molecule has 3 fully saturated rings. The molecule has 0 saturated heterocycles. The van der Waals surface area contributed by atoms with E-state index >= 15 is 0 Å². The first-order valence-electron chi connectivity index (χ1n) is 11.3. The van der Waals surface area contributed by atoms with Crippen molar-refractivity contribution in [3.63, 3.8) is 0 Å². The van der Waals surface area contributed by atoms with Gasteiger partial charge in [0, 0.05) is 0 Å². The fourth-order valence-electron chi connectivity index (χ4n) is 6.35. The van der Waals surface area contributed by atoms with Crippen LogP contribution in [0, 0.1) is 29.6 Å². The van der Waals surface area contributed by atoms with Crippen LogP contribution in [-0.4, -0.2) is 12.1 Å². The van der Waals surface area contributed by atoms with Gasteiger partial charge in [-0.3, -0.25) is 4.79 Å². The quantitative estimate of drug-likeness (QED) is 0.378. The fraction of sp³-hybridized carbons (Fsp3) is 0.875. The smallest absolute Gasteiger partial charge is 0.293 e. The van der Waals surface area contributed by atoms with E-state index in [4.69, 9.17) is 4.74 Å². The van der Waals surface area contributed by atoms with Crippen molar-refractivity contribution in [3.05, 3.63) is 12.2 Å². The van der Waals surface area contributed by atoms with Crippen LogP contribution in [0.25, 0.3) is 0 Å². The van der Waals surface area contributed by atoms with E-state index in [1.165, 1.54) is 56.9 Å². The Bertz CT molecular complexity index is 431. The molecule has 0 radical (unpaired) electrons. The van der Waals surface area contributed by atoms with Crippen LogP contribution >= 0.6 is 0 Å². The van der Waals surface area contributed by atoms with Crippen molar-refractivity contribution in [2.75, 3.05) is 0 Å². The second-order valence-electron chi connectivity index (χ2n) is 9.18. The number of rotatable bonds is 6. The summed E-state index contributed by atoms with van der Waals surface area (Å²) in [5.74, 6) is 4.46. The average Bonchev–Trinajstić information content (AvgIpc) is 2.67. The molecule has 26 heavy (non-hydrogen) atoms. The number of ether oxygens (including phenoxy) is 1. The Labute approximate surface area is 162 Å². The van der Waals surface area contributed by atoms with Gasteiger partial charge in [0.25, 0.3) is 6.47 Å². The van der Waals surface area contributed by atoms with E-state index in [9.17, 15) is 4.79 Å². The molecule has 0 N–H and O–H groups in total.